The third-order valence-corrected chi connectivity index (χ3v) is 5.41. The first-order valence-electron chi connectivity index (χ1n) is 8.04. The quantitative estimate of drug-likeness (QED) is 0.392. The van der Waals surface area contributed by atoms with Crippen molar-refractivity contribution in [3.63, 3.8) is 0 Å². The SMILES string of the molecule is CN=C(NCCc1ccc(Cl)s1)NC1CCN(C(C)C)CC1.I. The molecule has 0 saturated carbocycles. The number of aliphatic imine (C=N–C) groups is 1. The number of hydrogen-bond donors (Lipinski definition) is 2. The Morgan fingerprint density at radius 2 is 2.09 bits per heavy atom. The zero-order valence-electron chi connectivity index (χ0n) is 14.1. The van der Waals surface area contributed by atoms with Crippen molar-refractivity contribution in [1.29, 1.82) is 0 Å². The summed E-state index contributed by atoms with van der Waals surface area (Å²) in [6.45, 7) is 7.75. The number of likely N-dealkylation sites (tertiary alicyclic amines) is 1. The lowest BCUT2D eigenvalue weighted by molar-refractivity contribution is 0.167. The highest BCUT2D eigenvalue weighted by molar-refractivity contribution is 14.0. The zero-order valence-corrected chi connectivity index (χ0v) is 18.0. The molecule has 1 aromatic rings. The van der Waals surface area contributed by atoms with Gasteiger partial charge in [0.2, 0.25) is 0 Å². The maximum Gasteiger partial charge on any atom is 0.191 e. The molecule has 1 aromatic heterocycles. The van der Waals surface area contributed by atoms with Crippen LogP contribution >= 0.6 is 46.9 Å². The van der Waals surface area contributed by atoms with Gasteiger partial charge < -0.3 is 15.5 Å². The highest BCUT2D eigenvalue weighted by Crippen LogP contribution is 2.21. The minimum atomic E-state index is 0. The van der Waals surface area contributed by atoms with Crippen molar-refractivity contribution in [3.8, 4) is 0 Å². The van der Waals surface area contributed by atoms with E-state index >= 15 is 0 Å². The van der Waals surface area contributed by atoms with Gasteiger partial charge in [0.25, 0.3) is 0 Å². The third kappa shape index (κ3) is 7.15. The van der Waals surface area contributed by atoms with Crippen LogP contribution in [0.1, 0.15) is 31.6 Å². The van der Waals surface area contributed by atoms with Gasteiger partial charge in [0, 0.05) is 43.6 Å². The number of hydrogen-bond acceptors (Lipinski definition) is 3. The molecule has 1 aliphatic heterocycles. The first-order chi connectivity index (χ1) is 10.6. The summed E-state index contributed by atoms with van der Waals surface area (Å²) in [5.74, 6) is 0.908. The summed E-state index contributed by atoms with van der Waals surface area (Å²) < 4.78 is 0.856. The number of piperidine rings is 1. The van der Waals surface area contributed by atoms with Crippen LogP contribution in [0.3, 0.4) is 0 Å². The summed E-state index contributed by atoms with van der Waals surface area (Å²) in [4.78, 5) is 8.17. The summed E-state index contributed by atoms with van der Waals surface area (Å²) in [5, 5.41) is 6.94. The molecule has 1 saturated heterocycles. The van der Waals surface area contributed by atoms with Crippen LogP contribution in [0.4, 0.5) is 0 Å². The highest BCUT2D eigenvalue weighted by atomic mass is 127. The fourth-order valence-corrected chi connectivity index (χ4v) is 3.83. The molecule has 2 heterocycles. The van der Waals surface area contributed by atoms with Gasteiger partial charge in [-0.3, -0.25) is 4.99 Å². The Kier molecular flexibility index (Phi) is 9.80. The molecule has 1 fully saturated rings. The molecule has 0 atom stereocenters. The second-order valence-electron chi connectivity index (χ2n) is 6.00. The van der Waals surface area contributed by atoms with Gasteiger partial charge >= 0.3 is 0 Å². The van der Waals surface area contributed by atoms with Crippen molar-refractivity contribution in [2.45, 2.75) is 45.2 Å². The normalized spacial score (nSPS) is 17.2. The minimum absolute atomic E-state index is 0. The van der Waals surface area contributed by atoms with Crippen LogP contribution in [0.2, 0.25) is 4.34 Å². The number of nitrogens with one attached hydrogen (secondary N) is 2. The predicted octanol–water partition coefficient (Wildman–Crippen LogP) is 3.60. The topological polar surface area (TPSA) is 39.7 Å². The van der Waals surface area contributed by atoms with Crippen LogP contribution in [0.5, 0.6) is 0 Å². The first-order valence-corrected chi connectivity index (χ1v) is 9.23. The van der Waals surface area contributed by atoms with Crippen LogP contribution in [-0.2, 0) is 6.42 Å². The molecule has 132 valence electrons. The van der Waals surface area contributed by atoms with Crippen LogP contribution < -0.4 is 10.6 Å². The summed E-state index contributed by atoms with van der Waals surface area (Å²) in [5.41, 5.74) is 0. The van der Waals surface area contributed by atoms with E-state index in [4.69, 9.17) is 11.6 Å². The van der Waals surface area contributed by atoms with E-state index in [0.717, 1.165) is 23.3 Å². The minimum Gasteiger partial charge on any atom is -0.356 e. The Morgan fingerprint density at radius 1 is 1.39 bits per heavy atom. The van der Waals surface area contributed by atoms with E-state index in [2.05, 4.69) is 40.4 Å². The van der Waals surface area contributed by atoms with Crippen LogP contribution in [-0.4, -0.2) is 49.6 Å². The first kappa shape index (κ1) is 21.0. The smallest absolute Gasteiger partial charge is 0.191 e. The van der Waals surface area contributed by atoms with E-state index in [1.165, 1.54) is 30.8 Å². The van der Waals surface area contributed by atoms with Crippen molar-refractivity contribution >= 4 is 52.9 Å². The number of rotatable bonds is 5. The molecule has 2 rings (SSSR count). The van der Waals surface area contributed by atoms with Crippen molar-refractivity contribution < 1.29 is 0 Å². The maximum atomic E-state index is 5.95. The molecule has 0 radical (unpaired) electrons. The lowest BCUT2D eigenvalue weighted by Crippen LogP contribution is -2.50. The van der Waals surface area contributed by atoms with E-state index in [-0.39, 0.29) is 24.0 Å². The Balaban J connectivity index is 0.00000264. The van der Waals surface area contributed by atoms with Crippen molar-refractivity contribution in [1.82, 2.24) is 15.5 Å². The van der Waals surface area contributed by atoms with Gasteiger partial charge in [0.15, 0.2) is 5.96 Å². The maximum absolute atomic E-state index is 5.95. The Morgan fingerprint density at radius 3 is 2.61 bits per heavy atom. The largest absolute Gasteiger partial charge is 0.356 e. The molecular formula is C16H28ClIN4S. The Hall–Kier alpha value is -0.0500. The number of halogens is 2. The van der Waals surface area contributed by atoms with Gasteiger partial charge in [0.05, 0.1) is 4.34 Å². The average molecular weight is 471 g/mol. The molecule has 2 N–H and O–H groups in total. The lowest BCUT2D eigenvalue weighted by atomic mass is 10.0. The van der Waals surface area contributed by atoms with E-state index in [1.54, 1.807) is 11.3 Å². The fourth-order valence-electron chi connectivity index (χ4n) is 2.74. The van der Waals surface area contributed by atoms with Crippen molar-refractivity contribution in [2.24, 2.45) is 4.99 Å². The predicted molar refractivity (Wildman–Crippen MR) is 113 cm³/mol. The van der Waals surface area contributed by atoms with Crippen LogP contribution in [0, 0.1) is 0 Å². The van der Waals surface area contributed by atoms with Gasteiger partial charge in [0.1, 0.15) is 0 Å². The molecule has 7 heteroatoms. The van der Waals surface area contributed by atoms with Gasteiger partial charge in [-0.15, -0.1) is 35.3 Å². The molecule has 0 aliphatic carbocycles. The summed E-state index contributed by atoms with van der Waals surface area (Å²) in [6, 6.07) is 5.22. The van der Waals surface area contributed by atoms with E-state index in [1.807, 2.05) is 13.1 Å². The zero-order chi connectivity index (χ0) is 15.9. The molecule has 0 spiro atoms. The molecule has 0 aromatic carbocycles. The molecule has 4 nitrogen and oxygen atoms in total. The van der Waals surface area contributed by atoms with E-state index < -0.39 is 0 Å². The van der Waals surface area contributed by atoms with Gasteiger partial charge in [-0.2, -0.15) is 0 Å². The van der Waals surface area contributed by atoms with Crippen molar-refractivity contribution in [2.75, 3.05) is 26.7 Å². The summed E-state index contributed by atoms with van der Waals surface area (Å²) in [7, 11) is 1.83. The Labute approximate surface area is 166 Å². The highest BCUT2D eigenvalue weighted by Gasteiger charge is 2.21. The van der Waals surface area contributed by atoms with Crippen LogP contribution in [0.15, 0.2) is 17.1 Å². The molecule has 23 heavy (non-hydrogen) atoms. The lowest BCUT2D eigenvalue weighted by Gasteiger charge is -2.35. The third-order valence-electron chi connectivity index (χ3n) is 4.12. The monoisotopic (exact) mass is 470 g/mol. The Bertz CT molecular complexity index is 484. The molecule has 1 aliphatic rings. The molecule has 0 bridgehead atoms. The van der Waals surface area contributed by atoms with E-state index in [0.29, 0.717) is 12.1 Å². The molecule has 0 amide bonds. The standard InChI is InChI=1S/C16H27ClN4S.HI/c1-12(2)21-10-7-13(8-11-21)20-16(18-3)19-9-6-14-4-5-15(17)22-14;/h4-5,12-13H,6-11H2,1-3H3,(H2,18,19,20);1H. The fraction of sp³-hybridized carbons (Fsp3) is 0.688. The molecule has 0 unspecified atom stereocenters. The second kappa shape index (κ2) is 10.7. The number of thiophene rings is 1. The summed E-state index contributed by atoms with van der Waals surface area (Å²) >= 11 is 7.60. The van der Waals surface area contributed by atoms with Gasteiger partial charge in [-0.25, -0.2) is 0 Å². The average Bonchev–Trinajstić information content (AvgIpc) is 2.92. The second-order valence-corrected chi connectivity index (χ2v) is 7.80. The van der Waals surface area contributed by atoms with Crippen molar-refractivity contribution in [3.05, 3.63) is 21.3 Å². The van der Waals surface area contributed by atoms with Crippen LogP contribution in [0.25, 0.3) is 0 Å². The summed E-state index contributed by atoms with van der Waals surface area (Å²) in [6.07, 6.45) is 3.34. The van der Waals surface area contributed by atoms with Gasteiger partial charge in [-0.1, -0.05) is 11.6 Å². The van der Waals surface area contributed by atoms with Gasteiger partial charge in [-0.05, 0) is 45.2 Å². The number of nitrogens with zero attached hydrogens (tertiary/aromatic N) is 2. The van der Waals surface area contributed by atoms with E-state index in [9.17, 15) is 0 Å². The number of guanidine groups is 1. The molecular weight excluding hydrogens is 443 g/mol.